The van der Waals surface area contributed by atoms with Crippen molar-refractivity contribution in [1.82, 2.24) is 0 Å². The van der Waals surface area contributed by atoms with Gasteiger partial charge in [0.05, 0.1) is 46.2 Å². The summed E-state index contributed by atoms with van der Waals surface area (Å²) in [6, 6.07) is 38.8. The lowest BCUT2D eigenvalue weighted by molar-refractivity contribution is -0.362. The normalized spacial score (nSPS) is 25.4. The molecular formula is C42H50O10. The maximum Gasteiger partial charge on any atom is 0.225 e. The standard InChI is InChI=1S/C42H50O10/c1-39(2)50-38-37(48-27-34-20-12-6-13-21-34)41(52-42(38,51-39)31-45-3,30-47-26-33-18-10-5-11-19-33)40(36(44)24-43,49-28-35-22-14-7-15-23-35)29-46-25-32-16-8-4-9-17-32/h4-23,36-38,43-44H,24-31H2,1-3H3/t36-,37-,38-,40-,41-,42+/m0/s1. The molecule has 2 saturated heterocycles. The molecule has 2 aliphatic rings. The third-order valence-corrected chi connectivity index (χ3v) is 9.59. The number of rotatable bonds is 19. The number of aliphatic hydroxyl groups is 2. The van der Waals surface area contributed by atoms with Gasteiger partial charge in [-0.05, 0) is 36.1 Å². The highest BCUT2D eigenvalue weighted by Gasteiger charge is 2.78. The quantitative estimate of drug-likeness (QED) is 0.128. The lowest BCUT2D eigenvalue weighted by atomic mass is 9.74. The van der Waals surface area contributed by atoms with E-state index in [1.165, 1.54) is 0 Å². The Bertz CT molecular complexity index is 1640. The molecule has 4 aromatic carbocycles. The molecule has 6 atom stereocenters. The van der Waals surface area contributed by atoms with Crippen LogP contribution in [0.25, 0.3) is 0 Å². The SMILES string of the molecule is COC[C@]12OC(C)(C)O[C@H]1[C@H](OCc1ccccc1)[C@@](COCc1ccccc1)([C@@](COCc1ccccc1)(OCc1ccccc1)[C@@H](O)CO)O2. The molecule has 0 saturated carbocycles. The van der Waals surface area contributed by atoms with Crippen molar-refractivity contribution in [3.8, 4) is 0 Å². The number of methoxy groups -OCH3 is 1. The Morgan fingerprint density at radius 1 is 0.673 bits per heavy atom. The van der Waals surface area contributed by atoms with Crippen LogP contribution in [0.4, 0.5) is 0 Å². The first-order valence-electron chi connectivity index (χ1n) is 17.7. The van der Waals surface area contributed by atoms with Gasteiger partial charge in [-0.15, -0.1) is 0 Å². The van der Waals surface area contributed by atoms with Crippen LogP contribution in [0.1, 0.15) is 36.1 Å². The third-order valence-electron chi connectivity index (χ3n) is 9.59. The van der Waals surface area contributed by atoms with E-state index >= 15 is 0 Å². The average molecular weight is 715 g/mol. The van der Waals surface area contributed by atoms with E-state index in [0.29, 0.717) is 0 Å². The zero-order chi connectivity index (χ0) is 36.5. The van der Waals surface area contributed by atoms with Crippen LogP contribution in [0.3, 0.4) is 0 Å². The third kappa shape index (κ3) is 8.32. The highest BCUT2D eigenvalue weighted by molar-refractivity contribution is 5.24. The van der Waals surface area contributed by atoms with Gasteiger partial charge in [0, 0.05) is 7.11 Å². The molecule has 0 amide bonds. The second-order valence-electron chi connectivity index (χ2n) is 13.8. The summed E-state index contributed by atoms with van der Waals surface area (Å²) in [5, 5.41) is 23.1. The lowest BCUT2D eigenvalue weighted by Crippen LogP contribution is -2.73. The number of benzene rings is 4. The van der Waals surface area contributed by atoms with E-state index in [4.69, 9.17) is 37.9 Å². The highest BCUT2D eigenvalue weighted by atomic mass is 16.9. The van der Waals surface area contributed by atoms with E-state index in [2.05, 4.69) is 0 Å². The fourth-order valence-corrected chi connectivity index (χ4v) is 7.25. The Balaban J connectivity index is 1.50. The van der Waals surface area contributed by atoms with Gasteiger partial charge in [0.15, 0.2) is 17.0 Å². The van der Waals surface area contributed by atoms with Crippen LogP contribution in [-0.4, -0.2) is 84.8 Å². The molecule has 0 radical (unpaired) electrons. The maximum atomic E-state index is 12.2. The molecule has 2 heterocycles. The molecular weight excluding hydrogens is 664 g/mol. The molecule has 4 aromatic rings. The van der Waals surface area contributed by atoms with Gasteiger partial charge in [0.1, 0.15) is 24.9 Å². The van der Waals surface area contributed by atoms with Crippen molar-refractivity contribution in [2.75, 3.05) is 33.5 Å². The number of fused-ring (bicyclic) bond motifs is 1. The van der Waals surface area contributed by atoms with Gasteiger partial charge in [0.2, 0.25) is 5.79 Å². The first-order valence-corrected chi connectivity index (χ1v) is 17.7. The summed E-state index contributed by atoms with van der Waals surface area (Å²) in [4.78, 5) is 0. The van der Waals surface area contributed by atoms with Crippen molar-refractivity contribution in [2.24, 2.45) is 0 Å². The van der Waals surface area contributed by atoms with E-state index in [1.807, 2.05) is 121 Å². The average Bonchev–Trinajstić information content (AvgIpc) is 3.56. The Kier molecular flexibility index (Phi) is 12.6. The van der Waals surface area contributed by atoms with E-state index in [-0.39, 0.29) is 46.2 Å². The predicted molar refractivity (Wildman–Crippen MR) is 193 cm³/mol. The van der Waals surface area contributed by atoms with Gasteiger partial charge < -0.3 is 48.1 Å². The summed E-state index contributed by atoms with van der Waals surface area (Å²) in [6.07, 6.45) is -3.44. The first kappa shape index (κ1) is 38.2. The van der Waals surface area contributed by atoms with Crippen molar-refractivity contribution in [3.63, 3.8) is 0 Å². The monoisotopic (exact) mass is 714 g/mol. The molecule has 0 aliphatic carbocycles. The van der Waals surface area contributed by atoms with Crippen molar-refractivity contribution in [1.29, 1.82) is 0 Å². The van der Waals surface area contributed by atoms with Crippen LogP contribution in [0.5, 0.6) is 0 Å². The number of hydrogen-bond acceptors (Lipinski definition) is 10. The molecule has 278 valence electrons. The molecule has 0 unspecified atom stereocenters. The fraction of sp³-hybridized carbons (Fsp3) is 0.429. The van der Waals surface area contributed by atoms with E-state index < -0.39 is 47.7 Å². The molecule has 0 aromatic heterocycles. The fourth-order valence-electron chi connectivity index (χ4n) is 7.25. The zero-order valence-corrected chi connectivity index (χ0v) is 30.1. The second-order valence-corrected chi connectivity index (χ2v) is 13.8. The zero-order valence-electron chi connectivity index (χ0n) is 30.1. The molecule has 0 spiro atoms. The molecule has 2 fully saturated rings. The lowest BCUT2D eigenvalue weighted by Gasteiger charge is -2.52. The minimum atomic E-state index is -1.83. The second kappa shape index (κ2) is 17.1. The summed E-state index contributed by atoms with van der Waals surface area (Å²) in [7, 11) is 1.56. The van der Waals surface area contributed by atoms with E-state index in [9.17, 15) is 10.2 Å². The van der Waals surface area contributed by atoms with Gasteiger partial charge in [-0.2, -0.15) is 0 Å². The van der Waals surface area contributed by atoms with Crippen LogP contribution in [-0.2, 0) is 64.3 Å². The molecule has 10 heteroatoms. The predicted octanol–water partition coefficient (Wildman–Crippen LogP) is 5.58. The van der Waals surface area contributed by atoms with Gasteiger partial charge in [-0.3, -0.25) is 0 Å². The molecule has 10 nitrogen and oxygen atoms in total. The van der Waals surface area contributed by atoms with E-state index in [0.717, 1.165) is 22.3 Å². The molecule has 6 rings (SSSR count). The Morgan fingerprint density at radius 3 is 1.69 bits per heavy atom. The van der Waals surface area contributed by atoms with Crippen molar-refractivity contribution < 1.29 is 48.1 Å². The van der Waals surface area contributed by atoms with Crippen LogP contribution in [0.2, 0.25) is 0 Å². The Morgan fingerprint density at radius 2 is 1.17 bits per heavy atom. The molecule has 2 N–H and O–H groups in total. The van der Waals surface area contributed by atoms with Crippen LogP contribution in [0.15, 0.2) is 121 Å². The highest BCUT2D eigenvalue weighted by Crippen LogP contribution is 2.56. The van der Waals surface area contributed by atoms with Gasteiger partial charge in [0.25, 0.3) is 0 Å². The van der Waals surface area contributed by atoms with Gasteiger partial charge >= 0.3 is 0 Å². The van der Waals surface area contributed by atoms with Crippen molar-refractivity contribution >= 4 is 0 Å². The van der Waals surface area contributed by atoms with Gasteiger partial charge in [-0.25, -0.2) is 0 Å². The summed E-state index contributed by atoms with van der Waals surface area (Å²) < 4.78 is 53.2. The summed E-state index contributed by atoms with van der Waals surface area (Å²) in [6.45, 7) is 3.09. The Hall–Kier alpha value is -3.52. The Labute approximate surface area is 306 Å². The minimum absolute atomic E-state index is 0.0386. The largest absolute Gasteiger partial charge is 0.394 e. The summed E-state index contributed by atoms with van der Waals surface area (Å²) >= 11 is 0. The summed E-state index contributed by atoms with van der Waals surface area (Å²) in [5.74, 6) is -2.60. The smallest absolute Gasteiger partial charge is 0.225 e. The van der Waals surface area contributed by atoms with Gasteiger partial charge in [-0.1, -0.05) is 121 Å². The summed E-state index contributed by atoms with van der Waals surface area (Å²) in [5.41, 5.74) is 0.0359. The first-order chi connectivity index (χ1) is 25.2. The number of ether oxygens (including phenoxy) is 8. The maximum absolute atomic E-state index is 12.2. The topological polar surface area (TPSA) is 114 Å². The number of hydrogen-bond donors (Lipinski definition) is 2. The van der Waals surface area contributed by atoms with E-state index in [1.54, 1.807) is 21.0 Å². The van der Waals surface area contributed by atoms with Crippen molar-refractivity contribution in [3.05, 3.63) is 144 Å². The van der Waals surface area contributed by atoms with Crippen molar-refractivity contribution in [2.45, 2.75) is 81.4 Å². The molecule has 2 aliphatic heterocycles. The molecule has 52 heavy (non-hydrogen) atoms. The van der Waals surface area contributed by atoms with Crippen LogP contribution in [0, 0.1) is 0 Å². The number of aliphatic hydroxyl groups excluding tert-OH is 2. The van der Waals surface area contributed by atoms with Crippen LogP contribution >= 0.6 is 0 Å². The van der Waals surface area contributed by atoms with Crippen LogP contribution < -0.4 is 0 Å². The minimum Gasteiger partial charge on any atom is -0.394 e. The molecule has 0 bridgehead atoms.